The second kappa shape index (κ2) is 6.68. The molecule has 6 heteroatoms. The van der Waals surface area contributed by atoms with E-state index >= 15 is 0 Å². The molecule has 1 atom stereocenters. The van der Waals surface area contributed by atoms with Gasteiger partial charge in [0.25, 0.3) is 0 Å². The minimum absolute atomic E-state index is 0.155. The van der Waals surface area contributed by atoms with Crippen molar-refractivity contribution in [3.05, 3.63) is 16.8 Å². The van der Waals surface area contributed by atoms with Crippen molar-refractivity contribution >= 4 is 27.4 Å². The molecule has 0 amide bonds. The molecule has 1 saturated heterocycles. The quantitative estimate of drug-likeness (QED) is 0.919. The summed E-state index contributed by atoms with van der Waals surface area (Å²) in [5, 5.41) is 4.53. The second-order valence-electron chi connectivity index (χ2n) is 5.08. The standard InChI is InChI=1S/C15H21N3O2S/c1-3-5-16-13-11-8-10(4-2)21-15(11)18-14(17-13)12-9-19-6-7-20-12/h8,12H,3-7,9H2,1-2H3,(H,16,17,18). The van der Waals surface area contributed by atoms with Gasteiger partial charge in [-0.1, -0.05) is 13.8 Å². The van der Waals surface area contributed by atoms with Gasteiger partial charge in [0, 0.05) is 11.4 Å². The lowest BCUT2D eigenvalue weighted by Gasteiger charge is -2.22. The van der Waals surface area contributed by atoms with Gasteiger partial charge in [-0.25, -0.2) is 9.97 Å². The average molecular weight is 307 g/mol. The average Bonchev–Trinajstić information content (AvgIpc) is 2.96. The third-order valence-electron chi connectivity index (χ3n) is 3.46. The maximum absolute atomic E-state index is 5.73. The van der Waals surface area contributed by atoms with Gasteiger partial charge in [-0.3, -0.25) is 0 Å². The van der Waals surface area contributed by atoms with Gasteiger partial charge < -0.3 is 14.8 Å². The molecule has 3 rings (SSSR count). The molecule has 114 valence electrons. The van der Waals surface area contributed by atoms with Crippen molar-refractivity contribution < 1.29 is 9.47 Å². The number of ether oxygens (including phenoxy) is 2. The van der Waals surface area contributed by atoms with E-state index in [1.807, 2.05) is 0 Å². The maximum Gasteiger partial charge on any atom is 0.163 e. The Balaban J connectivity index is 2.00. The first-order chi connectivity index (χ1) is 10.3. The molecule has 0 saturated carbocycles. The molecule has 0 bridgehead atoms. The Hall–Kier alpha value is -1.24. The van der Waals surface area contributed by atoms with Crippen LogP contribution >= 0.6 is 11.3 Å². The summed E-state index contributed by atoms with van der Waals surface area (Å²) in [5.41, 5.74) is 0. The Labute approximate surface area is 128 Å². The minimum Gasteiger partial charge on any atom is -0.376 e. The van der Waals surface area contributed by atoms with E-state index in [1.165, 1.54) is 4.88 Å². The summed E-state index contributed by atoms with van der Waals surface area (Å²) in [6.45, 7) is 7.01. The zero-order chi connectivity index (χ0) is 14.7. The maximum atomic E-state index is 5.73. The van der Waals surface area contributed by atoms with Gasteiger partial charge in [0.1, 0.15) is 16.8 Å². The van der Waals surface area contributed by atoms with Crippen LogP contribution in [0.5, 0.6) is 0 Å². The summed E-state index contributed by atoms with van der Waals surface area (Å²) in [5.74, 6) is 1.65. The van der Waals surface area contributed by atoms with Crippen LogP contribution in [-0.2, 0) is 15.9 Å². The molecule has 0 spiro atoms. The van der Waals surface area contributed by atoms with Crippen molar-refractivity contribution in [2.24, 2.45) is 0 Å². The molecule has 1 N–H and O–H groups in total. The highest BCUT2D eigenvalue weighted by atomic mass is 32.1. The lowest BCUT2D eigenvalue weighted by Crippen LogP contribution is -2.24. The zero-order valence-corrected chi connectivity index (χ0v) is 13.3. The molecule has 2 aromatic rings. The lowest BCUT2D eigenvalue weighted by molar-refractivity contribution is -0.0933. The van der Waals surface area contributed by atoms with Crippen molar-refractivity contribution in [1.29, 1.82) is 0 Å². The highest BCUT2D eigenvalue weighted by Gasteiger charge is 2.22. The Bertz CT molecular complexity index is 608. The second-order valence-corrected chi connectivity index (χ2v) is 6.19. The predicted octanol–water partition coefficient (Wildman–Crippen LogP) is 3.16. The Morgan fingerprint density at radius 2 is 2.24 bits per heavy atom. The number of nitrogens with one attached hydrogen (secondary N) is 1. The molecule has 1 fully saturated rings. The number of aryl methyl sites for hydroxylation is 1. The number of aromatic nitrogens is 2. The molecule has 1 unspecified atom stereocenters. The largest absolute Gasteiger partial charge is 0.376 e. The third kappa shape index (κ3) is 3.17. The van der Waals surface area contributed by atoms with Crippen molar-refractivity contribution in [2.45, 2.75) is 32.8 Å². The molecule has 0 radical (unpaired) electrons. The monoisotopic (exact) mass is 307 g/mol. The summed E-state index contributed by atoms with van der Waals surface area (Å²) in [6.07, 6.45) is 1.93. The van der Waals surface area contributed by atoms with Crippen LogP contribution in [0.15, 0.2) is 6.07 Å². The zero-order valence-electron chi connectivity index (χ0n) is 12.5. The van der Waals surface area contributed by atoms with Gasteiger partial charge in [0.05, 0.1) is 25.2 Å². The van der Waals surface area contributed by atoms with Crippen LogP contribution < -0.4 is 5.32 Å². The number of hydrogen-bond acceptors (Lipinski definition) is 6. The molecule has 0 aromatic carbocycles. The van der Waals surface area contributed by atoms with Gasteiger partial charge in [-0.2, -0.15) is 0 Å². The molecule has 5 nitrogen and oxygen atoms in total. The number of thiophene rings is 1. The fraction of sp³-hybridized carbons (Fsp3) is 0.600. The molecule has 0 aliphatic carbocycles. The topological polar surface area (TPSA) is 56.3 Å². The van der Waals surface area contributed by atoms with E-state index < -0.39 is 0 Å². The number of hydrogen-bond donors (Lipinski definition) is 1. The highest BCUT2D eigenvalue weighted by molar-refractivity contribution is 7.18. The van der Waals surface area contributed by atoms with Crippen LogP contribution in [0.2, 0.25) is 0 Å². The molecule has 21 heavy (non-hydrogen) atoms. The SMILES string of the molecule is CCCNc1nc(C2COCCO2)nc2sc(CC)cc12. The summed E-state index contributed by atoms with van der Waals surface area (Å²) in [6, 6.07) is 2.19. The van der Waals surface area contributed by atoms with Crippen LogP contribution in [-0.4, -0.2) is 36.3 Å². The molecular formula is C15H21N3O2S. The minimum atomic E-state index is -0.155. The van der Waals surface area contributed by atoms with Crippen LogP contribution in [0.25, 0.3) is 10.2 Å². The van der Waals surface area contributed by atoms with E-state index in [0.717, 1.165) is 41.2 Å². The molecule has 1 aliphatic heterocycles. The van der Waals surface area contributed by atoms with Crippen molar-refractivity contribution in [2.75, 3.05) is 31.7 Å². The Morgan fingerprint density at radius 3 is 2.95 bits per heavy atom. The first-order valence-corrected chi connectivity index (χ1v) is 8.37. The van der Waals surface area contributed by atoms with Crippen LogP contribution in [0.3, 0.4) is 0 Å². The number of fused-ring (bicyclic) bond motifs is 1. The van der Waals surface area contributed by atoms with E-state index in [9.17, 15) is 0 Å². The summed E-state index contributed by atoms with van der Waals surface area (Å²) < 4.78 is 11.2. The summed E-state index contributed by atoms with van der Waals surface area (Å²) in [7, 11) is 0. The van der Waals surface area contributed by atoms with Gasteiger partial charge in [-0.05, 0) is 18.9 Å². The molecular weight excluding hydrogens is 286 g/mol. The van der Waals surface area contributed by atoms with Gasteiger partial charge >= 0.3 is 0 Å². The van der Waals surface area contributed by atoms with Gasteiger partial charge in [-0.15, -0.1) is 11.3 Å². The van der Waals surface area contributed by atoms with Crippen LogP contribution in [0.1, 0.15) is 37.1 Å². The van der Waals surface area contributed by atoms with E-state index in [-0.39, 0.29) is 6.10 Å². The molecule has 3 heterocycles. The van der Waals surface area contributed by atoms with Crippen LogP contribution in [0.4, 0.5) is 5.82 Å². The van der Waals surface area contributed by atoms with Gasteiger partial charge in [0.2, 0.25) is 0 Å². The van der Waals surface area contributed by atoms with E-state index in [2.05, 4.69) is 30.2 Å². The first-order valence-electron chi connectivity index (χ1n) is 7.55. The van der Waals surface area contributed by atoms with Crippen molar-refractivity contribution in [1.82, 2.24) is 9.97 Å². The molecule has 2 aromatic heterocycles. The fourth-order valence-electron chi connectivity index (χ4n) is 2.32. The van der Waals surface area contributed by atoms with Gasteiger partial charge in [0.15, 0.2) is 5.82 Å². The number of anilines is 1. The normalized spacial score (nSPS) is 19.0. The lowest BCUT2D eigenvalue weighted by atomic mass is 10.2. The fourth-order valence-corrected chi connectivity index (χ4v) is 3.30. The number of nitrogens with zero attached hydrogens (tertiary/aromatic N) is 2. The van der Waals surface area contributed by atoms with Crippen LogP contribution in [0, 0.1) is 0 Å². The Kier molecular flexibility index (Phi) is 4.67. The summed E-state index contributed by atoms with van der Waals surface area (Å²) >= 11 is 1.74. The van der Waals surface area contributed by atoms with Crippen molar-refractivity contribution in [3.63, 3.8) is 0 Å². The Morgan fingerprint density at radius 1 is 1.33 bits per heavy atom. The first kappa shape index (κ1) is 14.7. The molecule has 1 aliphatic rings. The third-order valence-corrected chi connectivity index (χ3v) is 4.63. The van der Waals surface area contributed by atoms with Crippen molar-refractivity contribution in [3.8, 4) is 0 Å². The van der Waals surface area contributed by atoms with E-state index in [1.54, 1.807) is 11.3 Å². The van der Waals surface area contributed by atoms with E-state index in [4.69, 9.17) is 14.5 Å². The predicted molar refractivity (Wildman–Crippen MR) is 85.1 cm³/mol. The summed E-state index contributed by atoms with van der Waals surface area (Å²) in [4.78, 5) is 11.8. The van der Waals surface area contributed by atoms with E-state index in [0.29, 0.717) is 19.8 Å². The highest BCUT2D eigenvalue weighted by Crippen LogP contribution is 2.31. The smallest absolute Gasteiger partial charge is 0.163 e. The number of rotatable bonds is 5.